The number of nitrogens with zero attached hydrogens (tertiary/aromatic N) is 2. The van der Waals surface area contributed by atoms with Gasteiger partial charge in [0, 0.05) is 44.4 Å². The number of nitrogens with one attached hydrogen (secondary N) is 1. The minimum Gasteiger partial charge on any atom is -0.352 e. The van der Waals surface area contributed by atoms with Gasteiger partial charge in [-0.1, -0.05) is 57.4 Å². The van der Waals surface area contributed by atoms with Crippen LogP contribution in [0.15, 0.2) is 42.5 Å². The molecule has 3 rings (SSSR count). The molecule has 0 aliphatic carbocycles. The number of fused-ring (bicyclic) bond motifs is 1. The largest absolute Gasteiger partial charge is 0.352 e. The summed E-state index contributed by atoms with van der Waals surface area (Å²) in [5, 5.41) is 3.09. The third-order valence-electron chi connectivity index (χ3n) is 6.83. The van der Waals surface area contributed by atoms with Crippen LogP contribution in [0.5, 0.6) is 0 Å². The van der Waals surface area contributed by atoms with Gasteiger partial charge in [-0.05, 0) is 73.5 Å². The summed E-state index contributed by atoms with van der Waals surface area (Å²) in [7, 11) is 0. The van der Waals surface area contributed by atoms with Gasteiger partial charge in [0.05, 0.1) is 0 Å². The summed E-state index contributed by atoms with van der Waals surface area (Å²) in [6.45, 7) is 12.4. The van der Waals surface area contributed by atoms with Crippen LogP contribution < -0.4 is 10.2 Å². The Labute approximate surface area is 211 Å². The summed E-state index contributed by atoms with van der Waals surface area (Å²) in [5.74, 6) is 0.564. The second-order valence-electron chi connectivity index (χ2n) is 10.3. The first-order valence-electron chi connectivity index (χ1n) is 13.3. The zero-order valence-corrected chi connectivity index (χ0v) is 22.1. The quantitative estimate of drug-likeness (QED) is 0.577. The van der Waals surface area contributed by atoms with Crippen molar-refractivity contribution in [3.8, 4) is 0 Å². The molecule has 0 atom stereocenters. The first kappa shape index (κ1) is 26.9. The molecule has 35 heavy (non-hydrogen) atoms. The minimum atomic E-state index is -0.0581. The van der Waals surface area contributed by atoms with Crippen LogP contribution in [0.25, 0.3) is 0 Å². The van der Waals surface area contributed by atoms with E-state index in [0.29, 0.717) is 18.0 Å². The third kappa shape index (κ3) is 8.21. The number of benzene rings is 2. The second kappa shape index (κ2) is 13.4. The Morgan fingerprint density at radius 1 is 0.971 bits per heavy atom. The number of rotatable bonds is 6. The van der Waals surface area contributed by atoms with Gasteiger partial charge in [0.15, 0.2) is 0 Å². The SMILES string of the molecule is CC(=O)N1CCCCCCCN(CC(C)C)Cc2cc(C(=O)NCCc3ccccc3C)ccc21. The van der Waals surface area contributed by atoms with Gasteiger partial charge in [0.25, 0.3) is 5.91 Å². The molecule has 0 bridgehead atoms. The fourth-order valence-corrected chi connectivity index (χ4v) is 5.00. The normalized spacial score (nSPS) is 15.7. The van der Waals surface area contributed by atoms with E-state index in [-0.39, 0.29) is 11.8 Å². The molecule has 0 saturated carbocycles. The predicted molar refractivity (Wildman–Crippen MR) is 145 cm³/mol. The number of carbonyl (C=O) groups is 2. The average Bonchev–Trinajstić information content (AvgIpc) is 2.80. The van der Waals surface area contributed by atoms with Crippen LogP contribution >= 0.6 is 0 Å². The molecule has 5 heteroatoms. The van der Waals surface area contributed by atoms with Crippen molar-refractivity contribution in [3.05, 3.63) is 64.7 Å². The molecule has 2 aromatic rings. The van der Waals surface area contributed by atoms with E-state index in [0.717, 1.165) is 56.7 Å². The number of anilines is 1. The number of aryl methyl sites for hydroxylation is 1. The molecule has 2 amide bonds. The first-order chi connectivity index (χ1) is 16.8. The minimum absolute atomic E-state index is 0.0581. The maximum atomic E-state index is 13.1. The Bertz CT molecular complexity index is 985. The summed E-state index contributed by atoms with van der Waals surface area (Å²) >= 11 is 0. The average molecular weight is 478 g/mol. The van der Waals surface area contributed by atoms with Gasteiger partial charge in [0.2, 0.25) is 5.91 Å². The Balaban J connectivity index is 1.82. The van der Waals surface area contributed by atoms with E-state index in [1.807, 2.05) is 35.2 Å². The Morgan fingerprint density at radius 3 is 2.40 bits per heavy atom. The predicted octanol–water partition coefficient (Wildman–Crippen LogP) is 5.74. The maximum Gasteiger partial charge on any atom is 0.251 e. The van der Waals surface area contributed by atoms with Crippen molar-refractivity contribution in [1.82, 2.24) is 10.2 Å². The monoisotopic (exact) mass is 477 g/mol. The Kier molecular flexibility index (Phi) is 10.3. The molecule has 0 radical (unpaired) electrons. The zero-order valence-electron chi connectivity index (χ0n) is 22.1. The van der Waals surface area contributed by atoms with Crippen molar-refractivity contribution in [2.24, 2.45) is 5.92 Å². The summed E-state index contributed by atoms with van der Waals surface area (Å²) in [6, 6.07) is 14.2. The van der Waals surface area contributed by atoms with Crippen molar-refractivity contribution in [2.45, 2.75) is 72.8 Å². The smallest absolute Gasteiger partial charge is 0.251 e. The van der Waals surface area contributed by atoms with Crippen LogP contribution in [-0.4, -0.2) is 42.9 Å². The maximum absolute atomic E-state index is 13.1. The van der Waals surface area contributed by atoms with Crippen molar-refractivity contribution in [3.63, 3.8) is 0 Å². The van der Waals surface area contributed by atoms with Gasteiger partial charge < -0.3 is 10.2 Å². The van der Waals surface area contributed by atoms with Gasteiger partial charge in [-0.25, -0.2) is 0 Å². The number of hydrogen-bond acceptors (Lipinski definition) is 3. The Morgan fingerprint density at radius 2 is 1.69 bits per heavy atom. The zero-order chi connectivity index (χ0) is 25.2. The summed E-state index contributed by atoms with van der Waals surface area (Å²) in [5.41, 5.74) is 5.17. The molecule has 1 aliphatic rings. The van der Waals surface area contributed by atoms with E-state index in [1.54, 1.807) is 6.92 Å². The molecular weight excluding hydrogens is 434 g/mol. The van der Waals surface area contributed by atoms with E-state index in [9.17, 15) is 9.59 Å². The van der Waals surface area contributed by atoms with Gasteiger partial charge in [-0.3, -0.25) is 14.5 Å². The van der Waals surface area contributed by atoms with Crippen LogP contribution in [0.1, 0.15) is 79.9 Å². The molecule has 0 aromatic heterocycles. The molecule has 0 unspecified atom stereocenters. The lowest BCUT2D eigenvalue weighted by molar-refractivity contribution is -0.116. The molecule has 190 valence electrons. The van der Waals surface area contributed by atoms with Crippen molar-refractivity contribution >= 4 is 17.5 Å². The van der Waals surface area contributed by atoms with Crippen LogP contribution in [0, 0.1) is 12.8 Å². The standard InChI is InChI=1S/C30H43N3O2/c1-23(2)21-32-18-10-6-5-7-11-19-33(25(4)34)29-15-14-27(20-28(29)22-32)30(35)31-17-16-26-13-9-8-12-24(26)3/h8-9,12-15,20,23H,5-7,10-11,16-19,21-22H2,1-4H3,(H,31,35). The van der Waals surface area contributed by atoms with E-state index in [1.165, 1.54) is 30.4 Å². The molecular formula is C30H43N3O2. The molecule has 1 heterocycles. The van der Waals surface area contributed by atoms with Crippen LogP contribution in [0.2, 0.25) is 0 Å². The summed E-state index contributed by atoms with van der Waals surface area (Å²) < 4.78 is 0. The Hall–Kier alpha value is -2.66. The van der Waals surface area contributed by atoms with E-state index < -0.39 is 0 Å². The molecule has 0 spiro atoms. The number of hydrogen-bond donors (Lipinski definition) is 1. The molecule has 0 saturated heterocycles. The highest BCUT2D eigenvalue weighted by atomic mass is 16.2. The van der Waals surface area contributed by atoms with Crippen LogP contribution in [0.4, 0.5) is 5.69 Å². The van der Waals surface area contributed by atoms with Crippen LogP contribution in [0.3, 0.4) is 0 Å². The highest BCUT2D eigenvalue weighted by molar-refractivity contribution is 5.97. The van der Waals surface area contributed by atoms with Crippen molar-refractivity contribution < 1.29 is 9.59 Å². The number of carbonyl (C=O) groups excluding carboxylic acids is 2. The lowest BCUT2D eigenvalue weighted by atomic mass is 10.0. The number of amides is 2. The molecule has 2 aromatic carbocycles. The van der Waals surface area contributed by atoms with E-state index in [4.69, 9.17) is 0 Å². The molecule has 1 N–H and O–H groups in total. The fraction of sp³-hybridized carbons (Fsp3) is 0.533. The summed E-state index contributed by atoms with van der Waals surface area (Å²) in [4.78, 5) is 30.0. The van der Waals surface area contributed by atoms with Crippen LogP contribution in [-0.2, 0) is 17.8 Å². The lowest BCUT2D eigenvalue weighted by Crippen LogP contribution is -2.34. The van der Waals surface area contributed by atoms with Gasteiger partial charge in [-0.15, -0.1) is 0 Å². The van der Waals surface area contributed by atoms with Crippen molar-refractivity contribution in [1.29, 1.82) is 0 Å². The van der Waals surface area contributed by atoms with Gasteiger partial charge in [-0.2, -0.15) is 0 Å². The fourth-order valence-electron chi connectivity index (χ4n) is 5.00. The third-order valence-corrected chi connectivity index (χ3v) is 6.83. The topological polar surface area (TPSA) is 52.7 Å². The lowest BCUT2D eigenvalue weighted by Gasteiger charge is -2.30. The van der Waals surface area contributed by atoms with E-state index in [2.05, 4.69) is 43.1 Å². The van der Waals surface area contributed by atoms with E-state index >= 15 is 0 Å². The second-order valence-corrected chi connectivity index (χ2v) is 10.3. The first-order valence-corrected chi connectivity index (χ1v) is 13.3. The highest BCUT2D eigenvalue weighted by Gasteiger charge is 2.20. The van der Waals surface area contributed by atoms with Gasteiger partial charge >= 0.3 is 0 Å². The van der Waals surface area contributed by atoms with Crippen molar-refractivity contribution in [2.75, 3.05) is 31.1 Å². The summed E-state index contributed by atoms with van der Waals surface area (Å²) in [6.07, 6.45) is 6.60. The van der Waals surface area contributed by atoms with Gasteiger partial charge in [0.1, 0.15) is 0 Å². The molecule has 5 nitrogen and oxygen atoms in total. The highest BCUT2D eigenvalue weighted by Crippen LogP contribution is 2.26. The molecule has 1 aliphatic heterocycles. The molecule has 0 fully saturated rings.